The van der Waals surface area contributed by atoms with Gasteiger partial charge in [0, 0.05) is 25.4 Å². The van der Waals surface area contributed by atoms with Gasteiger partial charge in [-0.1, -0.05) is 18.2 Å². The molecule has 1 aromatic rings. The molecule has 0 saturated carbocycles. The third kappa shape index (κ3) is 3.47. The smallest absolute Gasteiger partial charge is 0.246 e. The number of rotatable bonds is 4. The first-order chi connectivity index (χ1) is 8.79. The van der Waals surface area contributed by atoms with E-state index in [4.69, 9.17) is 4.74 Å². The lowest BCUT2D eigenvalue weighted by atomic mass is 10.1. The zero-order valence-electron chi connectivity index (χ0n) is 10.7. The Kier molecular flexibility index (Phi) is 4.59. The summed E-state index contributed by atoms with van der Waals surface area (Å²) in [6.07, 6.45) is 3.32. The molecule has 0 spiro atoms. The number of methoxy groups -OCH3 is 1. The van der Waals surface area contributed by atoms with E-state index in [1.807, 2.05) is 6.07 Å². The number of aryl methyl sites for hydroxylation is 1. The summed E-state index contributed by atoms with van der Waals surface area (Å²) in [4.78, 5) is 11.4. The van der Waals surface area contributed by atoms with Gasteiger partial charge in [0.2, 0.25) is 5.91 Å². The minimum Gasteiger partial charge on any atom is -0.380 e. The van der Waals surface area contributed by atoms with Gasteiger partial charge in [-0.05, 0) is 30.9 Å². The van der Waals surface area contributed by atoms with E-state index in [1.165, 1.54) is 18.4 Å². The van der Waals surface area contributed by atoms with Gasteiger partial charge in [-0.2, -0.15) is 0 Å². The fraction of sp³-hybridized carbons (Fsp3) is 0.500. The quantitative estimate of drug-likeness (QED) is 0.850. The molecule has 0 aliphatic carbocycles. The van der Waals surface area contributed by atoms with Crippen LogP contribution in [0.3, 0.4) is 0 Å². The molecule has 2 N–H and O–H groups in total. The molecular formula is C14H20N2O2. The fourth-order valence-electron chi connectivity index (χ4n) is 2.28. The Labute approximate surface area is 108 Å². The van der Waals surface area contributed by atoms with Crippen LogP contribution in [0.1, 0.15) is 18.4 Å². The van der Waals surface area contributed by atoms with Gasteiger partial charge in [0.05, 0.1) is 0 Å². The molecule has 1 atom stereocenters. The van der Waals surface area contributed by atoms with Gasteiger partial charge in [-0.25, -0.2) is 0 Å². The highest BCUT2D eigenvalue weighted by Crippen LogP contribution is 2.23. The van der Waals surface area contributed by atoms with Crippen LogP contribution in [0.5, 0.6) is 0 Å². The van der Waals surface area contributed by atoms with E-state index < -0.39 is 0 Å². The summed E-state index contributed by atoms with van der Waals surface area (Å²) in [5, 5.41) is 6.39. The van der Waals surface area contributed by atoms with Gasteiger partial charge in [0.1, 0.15) is 6.61 Å². The number of para-hydroxylation sites is 1. The predicted octanol–water partition coefficient (Wildman–Crippen LogP) is 1.57. The van der Waals surface area contributed by atoms with E-state index in [1.54, 1.807) is 0 Å². The maximum absolute atomic E-state index is 11.4. The molecule has 0 saturated heterocycles. The first-order valence-corrected chi connectivity index (χ1v) is 6.39. The minimum absolute atomic E-state index is 0.0585. The van der Waals surface area contributed by atoms with Crippen molar-refractivity contribution in [3.8, 4) is 0 Å². The molecule has 0 aromatic heterocycles. The van der Waals surface area contributed by atoms with Crippen LogP contribution >= 0.6 is 0 Å². The van der Waals surface area contributed by atoms with Gasteiger partial charge in [-0.15, -0.1) is 0 Å². The first-order valence-electron chi connectivity index (χ1n) is 6.39. The van der Waals surface area contributed by atoms with Crippen molar-refractivity contribution < 1.29 is 9.53 Å². The van der Waals surface area contributed by atoms with Crippen molar-refractivity contribution in [3.05, 3.63) is 29.8 Å². The number of carbonyl (C=O) groups excluding carboxylic acids is 1. The van der Waals surface area contributed by atoms with Crippen LogP contribution < -0.4 is 10.6 Å². The molecule has 2 rings (SSSR count). The highest BCUT2D eigenvalue weighted by molar-refractivity contribution is 5.77. The van der Waals surface area contributed by atoms with Crippen molar-refractivity contribution in [3.63, 3.8) is 0 Å². The summed E-state index contributed by atoms with van der Waals surface area (Å²) < 4.78 is 4.79. The Balaban J connectivity index is 1.90. The second kappa shape index (κ2) is 6.40. The summed E-state index contributed by atoms with van der Waals surface area (Å²) >= 11 is 0. The second-order valence-electron chi connectivity index (χ2n) is 4.63. The van der Waals surface area contributed by atoms with Gasteiger partial charge in [0.25, 0.3) is 0 Å². The number of nitrogens with one attached hydrogen (secondary N) is 2. The second-order valence-corrected chi connectivity index (χ2v) is 4.63. The zero-order chi connectivity index (χ0) is 12.8. The van der Waals surface area contributed by atoms with Crippen LogP contribution in [-0.2, 0) is 16.0 Å². The number of fused-ring (bicyclic) bond motifs is 1. The van der Waals surface area contributed by atoms with E-state index in [2.05, 4.69) is 28.8 Å². The van der Waals surface area contributed by atoms with Gasteiger partial charge < -0.3 is 15.4 Å². The number of ether oxygens (including phenoxy) is 1. The molecule has 4 heteroatoms. The van der Waals surface area contributed by atoms with Crippen molar-refractivity contribution in [2.45, 2.75) is 25.3 Å². The van der Waals surface area contributed by atoms with Crippen molar-refractivity contribution in [2.75, 3.05) is 25.6 Å². The lowest BCUT2D eigenvalue weighted by Gasteiger charge is -2.18. The van der Waals surface area contributed by atoms with E-state index >= 15 is 0 Å². The molecule has 4 nitrogen and oxygen atoms in total. The normalized spacial score (nSPS) is 18.4. The maximum Gasteiger partial charge on any atom is 0.246 e. The molecule has 98 valence electrons. The summed E-state index contributed by atoms with van der Waals surface area (Å²) in [5.41, 5.74) is 2.56. The van der Waals surface area contributed by atoms with Gasteiger partial charge in [0.15, 0.2) is 0 Å². The molecule has 0 bridgehead atoms. The van der Waals surface area contributed by atoms with E-state index in [-0.39, 0.29) is 12.5 Å². The average molecular weight is 248 g/mol. The molecule has 1 heterocycles. The third-order valence-electron chi connectivity index (χ3n) is 3.20. The zero-order valence-corrected chi connectivity index (χ0v) is 10.7. The number of carbonyl (C=O) groups is 1. The van der Waals surface area contributed by atoms with Crippen LogP contribution in [0.25, 0.3) is 0 Å². The molecule has 1 aromatic carbocycles. The number of amides is 1. The summed E-state index contributed by atoms with van der Waals surface area (Å²) in [7, 11) is 1.53. The lowest BCUT2D eigenvalue weighted by Crippen LogP contribution is -2.37. The molecule has 1 aliphatic heterocycles. The van der Waals surface area contributed by atoms with Crippen molar-refractivity contribution in [1.29, 1.82) is 0 Å². The Morgan fingerprint density at radius 1 is 1.50 bits per heavy atom. The van der Waals surface area contributed by atoms with Crippen LogP contribution in [0.2, 0.25) is 0 Å². The summed E-state index contributed by atoms with van der Waals surface area (Å²) in [5.74, 6) is -0.0585. The SMILES string of the molecule is COCC(=O)NCC1CCCc2ccccc2N1. The maximum atomic E-state index is 11.4. The number of hydrogen-bond donors (Lipinski definition) is 2. The van der Waals surface area contributed by atoms with E-state index in [9.17, 15) is 4.79 Å². The first kappa shape index (κ1) is 12.9. The predicted molar refractivity (Wildman–Crippen MR) is 71.7 cm³/mol. The largest absolute Gasteiger partial charge is 0.380 e. The average Bonchev–Trinajstić information content (AvgIpc) is 2.58. The lowest BCUT2D eigenvalue weighted by molar-refractivity contribution is -0.124. The third-order valence-corrected chi connectivity index (χ3v) is 3.20. The van der Waals surface area contributed by atoms with Crippen LogP contribution in [0, 0.1) is 0 Å². The Bertz CT molecular complexity index is 407. The Hall–Kier alpha value is -1.55. The van der Waals surface area contributed by atoms with Crippen LogP contribution in [0.15, 0.2) is 24.3 Å². The molecule has 1 aliphatic rings. The number of anilines is 1. The number of hydrogen-bond acceptors (Lipinski definition) is 3. The highest BCUT2D eigenvalue weighted by atomic mass is 16.5. The standard InChI is InChI=1S/C14H20N2O2/c1-18-10-14(17)15-9-12-7-4-6-11-5-2-3-8-13(11)16-12/h2-3,5,8,12,16H,4,6-7,9-10H2,1H3,(H,15,17). The monoisotopic (exact) mass is 248 g/mol. The van der Waals surface area contributed by atoms with Crippen LogP contribution in [0.4, 0.5) is 5.69 Å². The fourth-order valence-corrected chi connectivity index (χ4v) is 2.28. The Morgan fingerprint density at radius 2 is 2.33 bits per heavy atom. The molecule has 0 radical (unpaired) electrons. The van der Waals surface area contributed by atoms with Gasteiger partial charge >= 0.3 is 0 Å². The van der Waals surface area contributed by atoms with Crippen molar-refractivity contribution >= 4 is 11.6 Å². The topological polar surface area (TPSA) is 50.4 Å². The molecule has 1 amide bonds. The summed E-state index contributed by atoms with van der Waals surface area (Å²) in [6.45, 7) is 0.778. The Morgan fingerprint density at radius 3 is 3.17 bits per heavy atom. The molecule has 18 heavy (non-hydrogen) atoms. The highest BCUT2D eigenvalue weighted by Gasteiger charge is 2.15. The molecular weight excluding hydrogens is 228 g/mol. The molecule has 1 unspecified atom stereocenters. The van der Waals surface area contributed by atoms with Crippen molar-refractivity contribution in [1.82, 2.24) is 5.32 Å². The van der Waals surface area contributed by atoms with Gasteiger partial charge in [-0.3, -0.25) is 4.79 Å². The van der Waals surface area contributed by atoms with E-state index in [0.29, 0.717) is 12.6 Å². The van der Waals surface area contributed by atoms with E-state index in [0.717, 1.165) is 19.3 Å². The number of benzene rings is 1. The molecule has 0 fully saturated rings. The van der Waals surface area contributed by atoms with Crippen LogP contribution in [-0.4, -0.2) is 32.2 Å². The minimum atomic E-state index is -0.0585. The summed E-state index contributed by atoms with van der Waals surface area (Å²) in [6, 6.07) is 8.67. The van der Waals surface area contributed by atoms with Crippen molar-refractivity contribution in [2.24, 2.45) is 0 Å².